The summed E-state index contributed by atoms with van der Waals surface area (Å²) < 4.78 is 23.9. The summed E-state index contributed by atoms with van der Waals surface area (Å²) in [7, 11) is -3.39. The minimum Gasteiger partial charge on any atom is -0.357 e. The summed E-state index contributed by atoms with van der Waals surface area (Å²) in [6.07, 6.45) is 9.85. The Morgan fingerprint density at radius 2 is 1.43 bits per heavy atom. The number of hydrogen-bond acceptors (Lipinski definition) is 8. The molecule has 3 heterocycles. The molecule has 0 saturated carbocycles. The Hall–Kier alpha value is -5.14. The van der Waals surface area contributed by atoms with Crippen LogP contribution < -0.4 is 5.32 Å². The first kappa shape index (κ1) is 28.4. The first-order chi connectivity index (χ1) is 20.2. The van der Waals surface area contributed by atoms with Crippen LogP contribution in [-0.4, -0.2) is 46.8 Å². The van der Waals surface area contributed by atoms with Crippen LogP contribution in [0.4, 0.5) is 0 Å². The van der Waals surface area contributed by atoms with Crippen LogP contribution in [-0.2, 0) is 34.0 Å². The SMILES string of the molecule is CS(=O)(=O)c1ccc(CN2C(=O)C(Cc3ccncc3)(Cc3ccncc3)NC2=CC(=O)c2ccc(C#N)cc2)cc1. The van der Waals surface area contributed by atoms with Crippen molar-refractivity contribution in [2.75, 3.05) is 6.26 Å². The fourth-order valence-corrected chi connectivity index (χ4v) is 5.58. The number of pyridine rings is 2. The lowest BCUT2D eigenvalue weighted by molar-refractivity contribution is -0.132. The van der Waals surface area contributed by atoms with Gasteiger partial charge in [0.1, 0.15) is 11.4 Å². The van der Waals surface area contributed by atoms with Gasteiger partial charge in [0.2, 0.25) is 0 Å². The van der Waals surface area contributed by atoms with E-state index >= 15 is 0 Å². The molecule has 1 amide bonds. The number of ketones is 1. The minimum absolute atomic E-state index is 0.108. The van der Waals surface area contributed by atoms with Crippen LogP contribution in [0.2, 0.25) is 0 Å². The number of nitriles is 1. The van der Waals surface area contributed by atoms with Crippen LogP contribution in [0.25, 0.3) is 0 Å². The maximum Gasteiger partial charge on any atom is 0.254 e. The van der Waals surface area contributed by atoms with Gasteiger partial charge in [-0.15, -0.1) is 0 Å². The maximum atomic E-state index is 14.4. The molecule has 1 saturated heterocycles. The second-order valence-corrected chi connectivity index (χ2v) is 12.2. The van der Waals surface area contributed by atoms with Crippen molar-refractivity contribution in [1.29, 1.82) is 5.26 Å². The second kappa shape index (κ2) is 11.8. The van der Waals surface area contributed by atoms with E-state index in [2.05, 4.69) is 15.3 Å². The average Bonchev–Trinajstić information content (AvgIpc) is 3.23. The Morgan fingerprint density at radius 1 is 0.881 bits per heavy atom. The van der Waals surface area contributed by atoms with E-state index in [1.807, 2.05) is 30.3 Å². The number of nitrogens with zero attached hydrogens (tertiary/aromatic N) is 4. The molecule has 9 nitrogen and oxygen atoms in total. The first-order valence-corrected chi connectivity index (χ1v) is 15.0. The molecular weight excluding hydrogens is 550 g/mol. The quantitative estimate of drug-likeness (QED) is 0.236. The van der Waals surface area contributed by atoms with Crippen LogP contribution in [0.1, 0.15) is 32.6 Å². The number of aromatic nitrogens is 2. The lowest BCUT2D eigenvalue weighted by Gasteiger charge is -2.28. The number of hydrogen-bond donors (Lipinski definition) is 1. The van der Waals surface area contributed by atoms with Crippen molar-refractivity contribution in [3.8, 4) is 6.07 Å². The Bertz CT molecular complexity index is 1740. The van der Waals surface area contributed by atoms with E-state index in [-0.39, 0.29) is 23.1 Å². The molecule has 42 heavy (non-hydrogen) atoms. The van der Waals surface area contributed by atoms with Gasteiger partial charge in [-0.25, -0.2) is 8.42 Å². The van der Waals surface area contributed by atoms with Gasteiger partial charge in [0.25, 0.3) is 5.91 Å². The molecule has 1 fully saturated rings. The molecule has 210 valence electrons. The van der Waals surface area contributed by atoms with E-state index in [1.54, 1.807) is 61.2 Å². The molecule has 1 N–H and O–H groups in total. The molecule has 1 aliphatic rings. The van der Waals surface area contributed by atoms with Crippen molar-refractivity contribution in [3.63, 3.8) is 0 Å². The zero-order chi connectivity index (χ0) is 29.7. The van der Waals surface area contributed by atoms with Crippen molar-refractivity contribution in [2.24, 2.45) is 0 Å². The predicted molar refractivity (Wildman–Crippen MR) is 155 cm³/mol. The second-order valence-electron chi connectivity index (χ2n) is 10.2. The van der Waals surface area contributed by atoms with E-state index in [9.17, 15) is 18.0 Å². The van der Waals surface area contributed by atoms with E-state index in [0.717, 1.165) is 17.4 Å². The maximum absolute atomic E-state index is 14.4. The topological polar surface area (TPSA) is 133 Å². The predicted octanol–water partition coefficient (Wildman–Crippen LogP) is 3.63. The summed E-state index contributed by atoms with van der Waals surface area (Å²) in [5.41, 5.74) is 2.13. The van der Waals surface area contributed by atoms with E-state index in [0.29, 0.717) is 35.4 Å². The monoisotopic (exact) mass is 577 g/mol. The first-order valence-electron chi connectivity index (χ1n) is 13.1. The minimum atomic E-state index is -3.39. The van der Waals surface area contributed by atoms with Crippen LogP contribution in [0.3, 0.4) is 0 Å². The number of rotatable bonds is 9. The van der Waals surface area contributed by atoms with Crippen molar-refractivity contribution < 1.29 is 18.0 Å². The highest BCUT2D eigenvalue weighted by atomic mass is 32.2. The molecule has 1 aliphatic heterocycles. The number of benzene rings is 2. The summed E-state index contributed by atoms with van der Waals surface area (Å²) in [6, 6.07) is 22.0. The molecule has 10 heteroatoms. The number of carbonyl (C=O) groups excluding carboxylic acids is 2. The largest absolute Gasteiger partial charge is 0.357 e. The summed E-state index contributed by atoms with van der Waals surface area (Å²) in [5, 5.41) is 12.5. The lowest BCUT2D eigenvalue weighted by atomic mass is 9.85. The molecule has 2 aromatic heterocycles. The van der Waals surface area contributed by atoms with Gasteiger partial charge in [0.15, 0.2) is 15.6 Å². The van der Waals surface area contributed by atoms with Gasteiger partial charge < -0.3 is 5.32 Å². The Morgan fingerprint density at radius 3 is 1.93 bits per heavy atom. The fraction of sp³-hybridized carbons (Fsp3) is 0.156. The summed E-state index contributed by atoms with van der Waals surface area (Å²) in [6.45, 7) is 0.108. The normalized spacial score (nSPS) is 15.3. The van der Waals surface area contributed by atoms with Crippen LogP contribution in [0, 0.1) is 11.3 Å². The summed E-state index contributed by atoms with van der Waals surface area (Å²) in [4.78, 5) is 37.7. The molecular formula is C32H27N5O4S. The van der Waals surface area contributed by atoms with Gasteiger partial charge in [-0.05, 0) is 77.4 Å². The number of carbonyl (C=O) groups is 2. The molecule has 5 rings (SSSR count). The number of nitrogens with one attached hydrogen (secondary N) is 1. The molecule has 0 aliphatic carbocycles. The molecule has 0 bridgehead atoms. The fourth-order valence-electron chi connectivity index (χ4n) is 4.95. The smallest absolute Gasteiger partial charge is 0.254 e. The summed E-state index contributed by atoms with van der Waals surface area (Å²) in [5.74, 6) is -0.248. The molecule has 0 spiro atoms. The van der Waals surface area contributed by atoms with Crippen molar-refractivity contribution in [2.45, 2.75) is 29.8 Å². The van der Waals surface area contributed by atoms with Crippen molar-refractivity contribution >= 4 is 21.5 Å². The van der Waals surface area contributed by atoms with Gasteiger partial charge in [-0.1, -0.05) is 12.1 Å². The van der Waals surface area contributed by atoms with Crippen LogP contribution in [0.15, 0.2) is 114 Å². The standard InChI is InChI=1S/C32H27N5O4S/c1-42(40,41)28-8-4-26(5-9-28)22-37-30(18-29(38)27-6-2-25(21-33)3-7-27)36-32(31(37)39,19-23-10-14-34-15-11-23)20-24-12-16-35-17-13-24/h2-18,36H,19-20,22H2,1H3. The van der Waals surface area contributed by atoms with E-state index < -0.39 is 15.4 Å². The number of sulfone groups is 1. The zero-order valence-electron chi connectivity index (χ0n) is 22.8. The molecule has 0 atom stereocenters. The Labute approximate surface area is 244 Å². The molecule has 2 aromatic carbocycles. The third-order valence-corrected chi connectivity index (χ3v) is 8.21. The Kier molecular flexibility index (Phi) is 7.95. The molecule has 0 unspecified atom stereocenters. The van der Waals surface area contributed by atoms with Gasteiger partial charge >= 0.3 is 0 Å². The highest BCUT2D eigenvalue weighted by Crippen LogP contribution is 2.32. The Balaban J connectivity index is 1.57. The third kappa shape index (κ3) is 6.27. The van der Waals surface area contributed by atoms with Crippen LogP contribution in [0.5, 0.6) is 0 Å². The third-order valence-electron chi connectivity index (χ3n) is 7.08. The van der Waals surface area contributed by atoms with Gasteiger partial charge in [-0.2, -0.15) is 5.26 Å². The highest BCUT2D eigenvalue weighted by molar-refractivity contribution is 7.90. The van der Waals surface area contributed by atoms with Crippen molar-refractivity contribution in [3.05, 3.63) is 137 Å². The zero-order valence-corrected chi connectivity index (χ0v) is 23.6. The summed E-state index contributed by atoms with van der Waals surface area (Å²) >= 11 is 0. The van der Waals surface area contributed by atoms with Gasteiger partial charge in [0, 0.05) is 55.5 Å². The molecule has 0 radical (unpaired) electrons. The molecule has 4 aromatic rings. The highest BCUT2D eigenvalue weighted by Gasteiger charge is 2.49. The van der Waals surface area contributed by atoms with E-state index in [1.165, 1.54) is 23.1 Å². The number of allylic oxidation sites excluding steroid dienone is 1. The van der Waals surface area contributed by atoms with Crippen molar-refractivity contribution in [1.82, 2.24) is 20.2 Å². The average molecular weight is 578 g/mol. The van der Waals surface area contributed by atoms with Crippen LogP contribution >= 0.6 is 0 Å². The number of amides is 1. The van der Waals surface area contributed by atoms with Gasteiger partial charge in [0.05, 0.1) is 23.1 Å². The lowest BCUT2D eigenvalue weighted by Crippen LogP contribution is -2.50. The van der Waals surface area contributed by atoms with E-state index in [4.69, 9.17) is 5.26 Å². The van der Waals surface area contributed by atoms with Gasteiger partial charge in [-0.3, -0.25) is 24.5 Å².